The van der Waals surface area contributed by atoms with Gasteiger partial charge in [-0.25, -0.2) is 9.37 Å². The van der Waals surface area contributed by atoms with E-state index in [9.17, 15) is 4.79 Å². The molecular formula is C26H26FN5O2. The molecule has 4 rings (SSSR count). The molecule has 0 radical (unpaired) electrons. The molecular weight excluding hydrogens is 433 g/mol. The molecule has 3 heterocycles. The second-order valence-corrected chi connectivity index (χ2v) is 8.33. The Kier molecular flexibility index (Phi) is 7.06. The monoisotopic (exact) mass is 459 g/mol. The Morgan fingerprint density at radius 2 is 1.91 bits per heavy atom. The molecule has 0 spiro atoms. The summed E-state index contributed by atoms with van der Waals surface area (Å²) in [5.74, 6) is -1.48. The predicted octanol–water partition coefficient (Wildman–Crippen LogP) is 4.04. The number of carbonyl (C=O) groups is 1. The van der Waals surface area contributed by atoms with E-state index in [0.29, 0.717) is 24.6 Å². The molecule has 34 heavy (non-hydrogen) atoms. The molecule has 1 atom stereocenters. The summed E-state index contributed by atoms with van der Waals surface area (Å²) in [4.78, 5) is 25.1. The number of hydrogen-bond acceptors (Lipinski definition) is 6. The van der Waals surface area contributed by atoms with Crippen LogP contribution in [-0.2, 0) is 11.4 Å². The predicted molar refractivity (Wildman–Crippen MR) is 128 cm³/mol. The highest BCUT2D eigenvalue weighted by Crippen LogP contribution is 2.28. The highest BCUT2D eigenvalue weighted by Gasteiger charge is 2.33. The largest absolute Gasteiger partial charge is 0.473 e. The summed E-state index contributed by atoms with van der Waals surface area (Å²) in [6.07, 6.45) is 4.41. The van der Waals surface area contributed by atoms with Crippen LogP contribution in [0.4, 0.5) is 4.39 Å². The van der Waals surface area contributed by atoms with Crippen molar-refractivity contribution in [2.45, 2.75) is 32.3 Å². The molecule has 0 bridgehead atoms. The van der Waals surface area contributed by atoms with E-state index < -0.39 is 17.6 Å². The van der Waals surface area contributed by atoms with Gasteiger partial charge in [0.1, 0.15) is 18.1 Å². The zero-order chi connectivity index (χ0) is 24.1. The van der Waals surface area contributed by atoms with Gasteiger partial charge in [-0.15, -0.1) is 0 Å². The Balaban J connectivity index is 1.59. The molecule has 2 aromatic heterocycles. The molecule has 8 heteroatoms. The minimum Gasteiger partial charge on any atom is -0.473 e. The van der Waals surface area contributed by atoms with Gasteiger partial charge in [-0.05, 0) is 34.7 Å². The summed E-state index contributed by atoms with van der Waals surface area (Å²) in [7, 11) is 0. The van der Waals surface area contributed by atoms with E-state index in [1.54, 1.807) is 24.5 Å². The van der Waals surface area contributed by atoms with Crippen molar-refractivity contribution < 1.29 is 13.9 Å². The van der Waals surface area contributed by atoms with Crippen LogP contribution in [0.25, 0.3) is 0 Å². The van der Waals surface area contributed by atoms with E-state index in [4.69, 9.17) is 10.1 Å². The molecule has 2 N–H and O–H groups in total. The Bertz CT molecular complexity index is 1210. The van der Waals surface area contributed by atoms with Crippen molar-refractivity contribution >= 4 is 17.3 Å². The van der Waals surface area contributed by atoms with E-state index in [0.717, 1.165) is 5.56 Å². The van der Waals surface area contributed by atoms with Gasteiger partial charge in [0, 0.05) is 36.8 Å². The number of halogens is 1. The van der Waals surface area contributed by atoms with Crippen molar-refractivity contribution in [3.8, 4) is 5.88 Å². The fraction of sp³-hybridized carbons (Fsp3) is 0.269. The number of carbonyl (C=O) groups excluding carboxylic acids is 1. The standard InChI is InChI=1S/C26H26FN5O2/c1-16(2)18-5-3-17(4-6-18)15-34-22-13-21(27)20(14-32-22)23(25-26(33)31-12-11-30-25)24(28)19-7-9-29-10-8-19/h3-10,13-14,16,23,28H,11-12,15H2,1-2H3,(H,31,33). The lowest BCUT2D eigenvalue weighted by Crippen LogP contribution is -2.42. The summed E-state index contributed by atoms with van der Waals surface area (Å²) in [6, 6.07) is 12.5. The van der Waals surface area contributed by atoms with E-state index in [-0.39, 0.29) is 29.5 Å². The van der Waals surface area contributed by atoms with Gasteiger partial charge in [0.2, 0.25) is 5.88 Å². The number of ether oxygens (including phenoxy) is 1. The number of aliphatic imine (C=N–C) groups is 1. The first-order chi connectivity index (χ1) is 16.4. The summed E-state index contributed by atoms with van der Waals surface area (Å²) in [5, 5.41) is 11.4. The van der Waals surface area contributed by atoms with Gasteiger partial charge in [0.05, 0.1) is 18.2 Å². The summed E-state index contributed by atoms with van der Waals surface area (Å²) < 4.78 is 21.0. The maximum atomic E-state index is 15.3. The second-order valence-electron chi connectivity index (χ2n) is 8.33. The fourth-order valence-corrected chi connectivity index (χ4v) is 3.74. The quantitative estimate of drug-likeness (QED) is 0.497. The molecule has 7 nitrogen and oxygen atoms in total. The zero-order valence-electron chi connectivity index (χ0n) is 19.1. The maximum Gasteiger partial charge on any atom is 0.266 e. The van der Waals surface area contributed by atoms with Crippen LogP contribution in [0.1, 0.15) is 47.9 Å². The van der Waals surface area contributed by atoms with Crippen LogP contribution in [0.2, 0.25) is 0 Å². The number of hydrogen-bond donors (Lipinski definition) is 2. The van der Waals surface area contributed by atoms with Crippen molar-refractivity contribution in [3.05, 3.63) is 89.1 Å². The number of benzene rings is 1. The van der Waals surface area contributed by atoms with Crippen LogP contribution in [0.5, 0.6) is 5.88 Å². The van der Waals surface area contributed by atoms with Crippen LogP contribution >= 0.6 is 0 Å². The lowest BCUT2D eigenvalue weighted by Gasteiger charge is -2.23. The molecule has 0 fully saturated rings. The lowest BCUT2D eigenvalue weighted by molar-refractivity contribution is -0.115. The van der Waals surface area contributed by atoms with Gasteiger partial charge in [-0.3, -0.25) is 14.8 Å². The van der Waals surface area contributed by atoms with E-state index in [1.807, 2.05) is 24.3 Å². The fourth-order valence-electron chi connectivity index (χ4n) is 3.74. The van der Waals surface area contributed by atoms with Crippen LogP contribution < -0.4 is 10.1 Å². The number of rotatable bonds is 8. The van der Waals surface area contributed by atoms with Gasteiger partial charge in [0.15, 0.2) is 0 Å². The van der Waals surface area contributed by atoms with Crippen LogP contribution in [-0.4, -0.2) is 40.4 Å². The normalized spacial score (nSPS) is 14.4. The topological polar surface area (TPSA) is 100 Å². The molecule has 0 aliphatic carbocycles. The number of amides is 1. The molecule has 1 amide bonds. The molecule has 1 unspecified atom stereocenters. The minimum absolute atomic E-state index is 0.0396. The van der Waals surface area contributed by atoms with Gasteiger partial charge < -0.3 is 15.5 Å². The number of nitrogens with zero attached hydrogens (tertiary/aromatic N) is 3. The first-order valence-electron chi connectivity index (χ1n) is 11.1. The first-order valence-corrected chi connectivity index (χ1v) is 11.1. The van der Waals surface area contributed by atoms with Crippen molar-refractivity contribution in [1.82, 2.24) is 15.3 Å². The zero-order valence-corrected chi connectivity index (χ0v) is 19.1. The van der Waals surface area contributed by atoms with Gasteiger partial charge in [-0.2, -0.15) is 0 Å². The third-order valence-corrected chi connectivity index (χ3v) is 5.67. The minimum atomic E-state index is -1.01. The molecule has 174 valence electrons. The lowest BCUT2D eigenvalue weighted by atomic mass is 9.86. The summed E-state index contributed by atoms with van der Waals surface area (Å²) in [5.41, 5.74) is 2.92. The molecule has 1 aromatic carbocycles. The summed E-state index contributed by atoms with van der Waals surface area (Å²) >= 11 is 0. The molecule has 3 aromatic rings. The second kappa shape index (κ2) is 10.3. The Morgan fingerprint density at radius 1 is 1.18 bits per heavy atom. The highest BCUT2D eigenvalue weighted by atomic mass is 19.1. The molecule has 0 saturated carbocycles. The molecule has 1 aliphatic heterocycles. The van der Waals surface area contributed by atoms with E-state index in [1.165, 1.54) is 17.8 Å². The van der Waals surface area contributed by atoms with Gasteiger partial charge in [-0.1, -0.05) is 38.1 Å². The van der Waals surface area contributed by atoms with Crippen LogP contribution in [0.3, 0.4) is 0 Å². The Morgan fingerprint density at radius 3 is 2.56 bits per heavy atom. The van der Waals surface area contributed by atoms with Crippen molar-refractivity contribution in [2.24, 2.45) is 4.99 Å². The summed E-state index contributed by atoms with van der Waals surface area (Å²) in [6.45, 7) is 5.28. The van der Waals surface area contributed by atoms with Gasteiger partial charge in [0.25, 0.3) is 5.91 Å². The number of nitrogens with one attached hydrogen (secondary N) is 2. The number of aromatic nitrogens is 2. The van der Waals surface area contributed by atoms with Crippen molar-refractivity contribution in [1.29, 1.82) is 5.41 Å². The van der Waals surface area contributed by atoms with Crippen LogP contribution in [0.15, 0.2) is 66.0 Å². The SMILES string of the molecule is CC(C)c1ccc(COc2cc(F)c(C(C(=N)c3ccncc3)C3=NCCNC3=O)cn2)cc1. The van der Waals surface area contributed by atoms with Crippen molar-refractivity contribution in [3.63, 3.8) is 0 Å². The Hall–Kier alpha value is -3.94. The third kappa shape index (κ3) is 5.17. The third-order valence-electron chi connectivity index (χ3n) is 5.67. The van der Waals surface area contributed by atoms with Crippen LogP contribution in [0, 0.1) is 11.2 Å². The smallest absolute Gasteiger partial charge is 0.266 e. The maximum absolute atomic E-state index is 15.3. The van der Waals surface area contributed by atoms with Crippen molar-refractivity contribution in [2.75, 3.05) is 13.1 Å². The highest BCUT2D eigenvalue weighted by molar-refractivity contribution is 6.46. The average Bonchev–Trinajstić information content (AvgIpc) is 2.86. The average molecular weight is 460 g/mol. The molecule has 0 saturated heterocycles. The van der Waals surface area contributed by atoms with E-state index in [2.05, 4.69) is 34.1 Å². The molecule has 1 aliphatic rings. The number of pyridine rings is 2. The first kappa shape index (κ1) is 23.2. The Labute approximate surface area is 197 Å². The van der Waals surface area contributed by atoms with E-state index >= 15 is 4.39 Å². The van der Waals surface area contributed by atoms with Gasteiger partial charge >= 0.3 is 0 Å².